The molecule has 4 aromatic rings. The number of fused-ring (bicyclic) bond motifs is 1. The fourth-order valence-corrected chi connectivity index (χ4v) is 4.25. The van der Waals surface area contributed by atoms with E-state index in [9.17, 15) is 0 Å². The summed E-state index contributed by atoms with van der Waals surface area (Å²) in [7, 11) is -1.87. The Kier molecular flexibility index (Phi) is 6.69. The molecule has 4 aromatic heterocycles. The van der Waals surface area contributed by atoms with Gasteiger partial charge in [-0.2, -0.15) is 19.6 Å². The molecule has 2 N–H and O–H groups in total. The van der Waals surface area contributed by atoms with Crippen molar-refractivity contribution in [3.63, 3.8) is 0 Å². The lowest BCUT2D eigenvalue weighted by atomic mass is 10.1. The first kappa shape index (κ1) is 25.8. The van der Waals surface area contributed by atoms with Crippen LogP contribution in [0.5, 0.6) is 0 Å². The molecule has 36 heavy (non-hydrogen) atoms. The van der Waals surface area contributed by atoms with Crippen LogP contribution in [0.2, 0.25) is 18.1 Å². The predicted octanol–water partition coefficient (Wildman–Crippen LogP) is 6.56. The van der Waals surface area contributed by atoms with Gasteiger partial charge in [0.1, 0.15) is 17.3 Å². The number of aryl methyl sites for hydroxylation is 1. The molecule has 4 heterocycles. The lowest BCUT2D eigenvalue weighted by Crippen LogP contribution is -2.40. The molecule has 0 saturated carbocycles. The van der Waals surface area contributed by atoms with E-state index in [1.807, 2.05) is 37.3 Å². The Morgan fingerprint density at radius 1 is 1.00 bits per heavy atom. The third-order valence-corrected chi connectivity index (χ3v) is 10.8. The van der Waals surface area contributed by atoms with Crippen LogP contribution < -0.4 is 10.6 Å². The molecule has 0 saturated heterocycles. The first-order valence-electron chi connectivity index (χ1n) is 12.2. The molecule has 0 aromatic carbocycles. The van der Waals surface area contributed by atoms with Crippen molar-refractivity contribution in [1.29, 1.82) is 0 Å². The van der Waals surface area contributed by atoms with Gasteiger partial charge < -0.3 is 19.5 Å². The summed E-state index contributed by atoms with van der Waals surface area (Å²) in [5, 5.41) is 11.4. The highest BCUT2D eigenvalue weighted by Gasteiger charge is 2.37. The van der Waals surface area contributed by atoms with Crippen LogP contribution in [0.3, 0.4) is 0 Å². The Bertz CT molecular complexity index is 1360. The lowest BCUT2D eigenvalue weighted by molar-refractivity contribution is 0.272. The summed E-state index contributed by atoms with van der Waals surface area (Å²) < 4.78 is 13.9. The zero-order valence-electron chi connectivity index (χ0n) is 22.7. The van der Waals surface area contributed by atoms with E-state index in [0.717, 1.165) is 11.5 Å². The summed E-state index contributed by atoms with van der Waals surface area (Å²) in [5.74, 6) is 3.17. The molecular formula is C26H37N7O2Si. The van der Waals surface area contributed by atoms with Gasteiger partial charge >= 0.3 is 0 Å². The normalized spacial score (nSPS) is 12.8. The molecule has 0 aliphatic heterocycles. The van der Waals surface area contributed by atoms with Crippen LogP contribution in [0.15, 0.2) is 40.9 Å². The van der Waals surface area contributed by atoms with E-state index in [0.29, 0.717) is 41.3 Å². The number of nitrogens with zero attached hydrogens (tertiary/aromatic N) is 5. The van der Waals surface area contributed by atoms with E-state index in [2.05, 4.69) is 70.4 Å². The number of rotatable bonds is 7. The molecular weight excluding hydrogens is 470 g/mol. The molecule has 0 amide bonds. The van der Waals surface area contributed by atoms with Crippen LogP contribution in [-0.2, 0) is 11.0 Å². The van der Waals surface area contributed by atoms with Crippen LogP contribution in [0.25, 0.3) is 17.2 Å². The minimum absolute atomic E-state index is 0.142. The molecule has 0 spiro atoms. The third kappa shape index (κ3) is 5.76. The summed E-state index contributed by atoms with van der Waals surface area (Å²) in [4.78, 5) is 14.2. The topological polar surface area (TPSA) is 102 Å². The minimum Gasteiger partial charge on any atom is -0.458 e. The SMILES string of the molecule is Cc1ccc(-c2nc(NC(C)(C)C)nc3c(Nc4cccc(CO[Si](C)(C)C(C)(C)C)n4)cnn23)o1. The van der Waals surface area contributed by atoms with Crippen molar-refractivity contribution in [3.8, 4) is 11.6 Å². The van der Waals surface area contributed by atoms with E-state index in [1.54, 1.807) is 10.7 Å². The number of furan rings is 1. The molecule has 9 nitrogen and oxygen atoms in total. The monoisotopic (exact) mass is 507 g/mol. The highest BCUT2D eigenvalue weighted by molar-refractivity contribution is 6.74. The fourth-order valence-electron chi connectivity index (χ4n) is 3.31. The Morgan fingerprint density at radius 2 is 1.75 bits per heavy atom. The Labute approximate surface area is 213 Å². The van der Waals surface area contributed by atoms with Gasteiger partial charge in [0, 0.05) is 5.54 Å². The van der Waals surface area contributed by atoms with Gasteiger partial charge in [0.2, 0.25) is 11.8 Å². The molecule has 4 rings (SSSR count). The van der Waals surface area contributed by atoms with E-state index in [1.165, 1.54) is 0 Å². The molecule has 0 unspecified atom stereocenters. The largest absolute Gasteiger partial charge is 0.458 e. The molecule has 192 valence electrons. The van der Waals surface area contributed by atoms with E-state index in [-0.39, 0.29) is 10.6 Å². The summed E-state index contributed by atoms with van der Waals surface area (Å²) >= 11 is 0. The second kappa shape index (κ2) is 9.33. The van der Waals surface area contributed by atoms with Gasteiger partial charge in [-0.05, 0) is 70.1 Å². The molecule has 0 aliphatic carbocycles. The van der Waals surface area contributed by atoms with Crippen molar-refractivity contribution in [2.45, 2.75) is 78.7 Å². The molecule has 10 heteroatoms. The quantitative estimate of drug-likeness (QED) is 0.271. The summed E-state index contributed by atoms with van der Waals surface area (Å²) in [6.45, 7) is 19.8. The third-order valence-electron chi connectivity index (χ3n) is 6.27. The smallest absolute Gasteiger partial charge is 0.227 e. The number of aromatic nitrogens is 5. The van der Waals surface area contributed by atoms with E-state index in [4.69, 9.17) is 23.8 Å². The van der Waals surface area contributed by atoms with Crippen molar-refractivity contribution >= 4 is 31.4 Å². The number of nitrogens with one attached hydrogen (secondary N) is 2. The van der Waals surface area contributed by atoms with Gasteiger partial charge in [0.15, 0.2) is 19.7 Å². The predicted molar refractivity (Wildman–Crippen MR) is 146 cm³/mol. The molecule has 0 atom stereocenters. The van der Waals surface area contributed by atoms with Gasteiger partial charge in [0.25, 0.3) is 0 Å². The van der Waals surface area contributed by atoms with Gasteiger partial charge in [-0.25, -0.2) is 4.98 Å². The highest BCUT2D eigenvalue weighted by atomic mass is 28.4. The number of hydrogen-bond acceptors (Lipinski definition) is 8. The second-order valence-corrected chi connectivity index (χ2v) is 16.4. The van der Waals surface area contributed by atoms with Gasteiger partial charge in [-0.3, -0.25) is 0 Å². The summed E-state index contributed by atoms with van der Waals surface area (Å²) in [6, 6.07) is 9.68. The van der Waals surface area contributed by atoms with Crippen molar-refractivity contribution in [3.05, 3.63) is 48.0 Å². The van der Waals surface area contributed by atoms with Gasteiger partial charge in [-0.15, -0.1) is 0 Å². The van der Waals surface area contributed by atoms with E-state index < -0.39 is 8.32 Å². The Morgan fingerprint density at radius 3 is 2.39 bits per heavy atom. The summed E-state index contributed by atoms with van der Waals surface area (Å²) in [5.41, 5.74) is 1.99. The van der Waals surface area contributed by atoms with Crippen LogP contribution in [0.1, 0.15) is 53.0 Å². The Balaban J connectivity index is 1.66. The average molecular weight is 508 g/mol. The van der Waals surface area contributed by atoms with Crippen LogP contribution in [-0.4, -0.2) is 38.4 Å². The standard InChI is InChI=1S/C26H37N7O2Si/c1-17-13-14-20(35-17)23-31-24(32-25(2,3)4)30-22-19(15-27-33(22)23)29-21-12-10-11-18(28-21)16-34-36(8,9)26(5,6)7/h10-15H,16H2,1-9H3,(H,28,29)(H,30,32). The maximum atomic E-state index is 6.36. The Hall–Kier alpha value is -3.24. The summed E-state index contributed by atoms with van der Waals surface area (Å²) in [6.07, 6.45) is 1.73. The first-order valence-corrected chi connectivity index (χ1v) is 15.1. The maximum absolute atomic E-state index is 6.36. The molecule has 0 radical (unpaired) electrons. The highest BCUT2D eigenvalue weighted by Crippen LogP contribution is 2.37. The molecule has 0 fully saturated rings. The number of hydrogen-bond donors (Lipinski definition) is 2. The van der Waals surface area contributed by atoms with Gasteiger partial charge in [-0.1, -0.05) is 26.8 Å². The zero-order chi connectivity index (χ0) is 26.3. The zero-order valence-corrected chi connectivity index (χ0v) is 23.7. The lowest BCUT2D eigenvalue weighted by Gasteiger charge is -2.36. The van der Waals surface area contributed by atoms with Crippen molar-refractivity contribution in [2.75, 3.05) is 10.6 Å². The van der Waals surface area contributed by atoms with Crippen molar-refractivity contribution in [1.82, 2.24) is 24.6 Å². The van der Waals surface area contributed by atoms with E-state index >= 15 is 0 Å². The molecule has 0 aliphatic rings. The average Bonchev–Trinajstić information content (AvgIpc) is 3.37. The fraction of sp³-hybridized carbons (Fsp3) is 0.462. The maximum Gasteiger partial charge on any atom is 0.227 e. The number of pyridine rings is 1. The van der Waals surface area contributed by atoms with Crippen LogP contribution in [0.4, 0.5) is 17.5 Å². The van der Waals surface area contributed by atoms with Crippen molar-refractivity contribution < 1.29 is 8.84 Å². The number of anilines is 3. The van der Waals surface area contributed by atoms with Crippen LogP contribution in [0, 0.1) is 6.92 Å². The molecule has 0 bridgehead atoms. The van der Waals surface area contributed by atoms with Gasteiger partial charge in [0.05, 0.1) is 18.5 Å². The van der Waals surface area contributed by atoms with Crippen LogP contribution >= 0.6 is 0 Å². The minimum atomic E-state index is -1.87. The second-order valence-electron chi connectivity index (χ2n) is 11.6. The first-order chi connectivity index (χ1) is 16.7. The van der Waals surface area contributed by atoms with Crippen molar-refractivity contribution in [2.24, 2.45) is 0 Å².